The standard InChI is InChI=1S/C9H14N4O2/c1-6(2)5-15-8-4-11-7(3-12-8)9(10)13-14/h3-4,6,14H,5H2,1-2H3,(H2,10,13). The van der Waals surface area contributed by atoms with Gasteiger partial charge < -0.3 is 15.7 Å². The summed E-state index contributed by atoms with van der Waals surface area (Å²) in [4.78, 5) is 7.89. The Hall–Kier alpha value is -1.85. The lowest BCUT2D eigenvalue weighted by Crippen LogP contribution is -2.15. The highest BCUT2D eigenvalue weighted by Gasteiger charge is 2.03. The maximum atomic E-state index is 8.40. The van der Waals surface area contributed by atoms with E-state index in [-0.39, 0.29) is 5.84 Å². The molecule has 3 N–H and O–H groups in total. The summed E-state index contributed by atoms with van der Waals surface area (Å²) in [5.74, 6) is 0.784. The van der Waals surface area contributed by atoms with Crippen LogP contribution >= 0.6 is 0 Å². The molecule has 0 radical (unpaired) electrons. The van der Waals surface area contributed by atoms with Crippen molar-refractivity contribution in [3.63, 3.8) is 0 Å². The first-order valence-corrected chi connectivity index (χ1v) is 4.56. The molecule has 1 heterocycles. The Bertz CT molecular complexity index is 334. The normalized spacial score (nSPS) is 11.8. The van der Waals surface area contributed by atoms with Crippen LogP contribution in [0.2, 0.25) is 0 Å². The van der Waals surface area contributed by atoms with Crippen LogP contribution in [0, 0.1) is 5.92 Å². The van der Waals surface area contributed by atoms with Crippen molar-refractivity contribution >= 4 is 5.84 Å². The van der Waals surface area contributed by atoms with Crippen LogP contribution in [0.5, 0.6) is 5.88 Å². The Morgan fingerprint density at radius 3 is 2.73 bits per heavy atom. The SMILES string of the molecule is CC(C)COc1cnc(C(N)=NO)cn1. The van der Waals surface area contributed by atoms with E-state index in [2.05, 4.69) is 15.1 Å². The largest absolute Gasteiger partial charge is 0.476 e. The van der Waals surface area contributed by atoms with Gasteiger partial charge in [-0.2, -0.15) is 0 Å². The number of amidine groups is 1. The molecule has 0 fully saturated rings. The van der Waals surface area contributed by atoms with E-state index in [0.29, 0.717) is 24.1 Å². The summed E-state index contributed by atoms with van der Waals surface area (Å²) in [5, 5.41) is 11.2. The number of nitrogens with zero attached hydrogens (tertiary/aromatic N) is 3. The number of nitrogens with two attached hydrogens (primary N) is 1. The maximum absolute atomic E-state index is 8.40. The van der Waals surface area contributed by atoms with Crippen LogP contribution in [0.25, 0.3) is 0 Å². The Kier molecular flexibility index (Phi) is 3.84. The minimum atomic E-state index is -0.0714. The topological polar surface area (TPSA) is 93.6 Å². The average molecular weight is 210 g/mol. The zero-order valence-electron chi connectivity index (χ0n) is 8.71. The molecule has 0 atom stereocenters. The first kappa shape index (κ1) is 11.2. The lowest BCUT2D eigenvalue weighted by molar-refractivity contribution is 0.260. The van der Waals surface area contributed by atoms with Crippen LogP contribution in [-0.4, -0.2) is 27.6 Å². The van der Waals surface area contributed by atoms with Crippen molar-refractivity contribution in [2.24, 2.45) is 16.8 Å². The Morgan fingerprint density at radius 1 is 1.53 bits per heavy atom. The monoisotopic (exact) mass is 210 g/mol. The second-order valence-electron chi connectivity index (χ2n) is 3.43. The van der Waals surface area contributed by atoms with Crippen molar-refractivity contribution in [1.29, 1.82) is 0 Å². The summed E-state index contributed by atoms with van der Waals surface area (Å²) in [5.41, 5.74) is 5.64. The third-order valence-electron chi connectivity index (χ3n) is 1.56. The molecule has 0 spiro atoms. The summed E-state index contributed by atoms with van der Waals surface area (Å²) >= 11 is 0. The molecule has 0 bridgehead atoms. The highest BCUT2D eigenvalue weighted by molar-refractivity contribution is 5.94. The number of hydrogen-bond acceptors (Lipinski definition) is 5. The molecule has 0 unspecified atom stereocenters. The maximum Gasteiger partial charge on any atom is 0.232 e. The summed E-state index contributed by atoms with van der Waals surface area (Å²) in [6, 6.07) is 0. The molecule has 1 aromatic heterocycles. The van der Waals surface area contributed by atoms with Gasteiger partial charge in [-0.3, -0.25) is 0 Å². The Balaban J connectivity index is 2.64. The minimum Gasteiger partial charge on any atom is -0.476 e. The third kappa shape index (κ3) is 3.41. The molecule has 0 aliphatic rings. The van der Waals surface area contributed by atoms with Crippen LogP contribution in [0.15, 0.2) is 17.5 Å². The van der Waals surface area contributed by atoms with Gasteiger partial charge >= 0.3 is 0 Å². The summed E-state index contributed by atoms with van der Waals surface area (Å²) < 4.78 is 5.32. The second-order valence-corrected chi connectivity index (χ2v) is 3.43. The fourth-order valence-electron chi connectivity index (χ4n) is 0.826. The molecule has 6 nitrogen and oxygen atoms in total. The predicted octanol–water partition coefficient (Wildman–Crippen LogP) is 0.606. The van der Waals surface area contributed by atoms with E-state index in [9.17, 15) is 0 Å². The molecule has 1 rings (SSSR count). The first-order valence-electron chi connectivity index (χ1n) is 4.56. The van der Waals surface area contributed by atoms with Gasteiger partial charge in [-0.05, 0) is 5.92 Å². The van der Waals surface area contributed by atoms with Crippen LogP contribution in [0.3, 0.4) is 0 Å². The number of rotatable bonds is 4. The van der Waals surface area contributed by atoms with Crippen molar-refractivity contribution in [3.8, 4) is 5.88 Å². The highest BCUT2D eigenvalue weighted by Crippen LogP contribution is 2.05. The molecule has 6 heteroatoms. The minimum absolute atomic E-state index is 0.0714. The molecule has 0 amide bonds. The van der Waals surface area contributed by atoms with Crippen molar-refractivity contribution in [2.45, 2.75) is 13.8 Å². The van der Waals surface area contributed by atoms with Gasteiger partial charge in [0.1, 0.15) is 5.69 Å². The molecule has 0 saturated heterocycles. The van der Waals surface area contributed by atoms with Gasteiger partial charge in [0.15, 0.2) is 5.84 Å². The zero-order chi connectivity index (χ0) is 11.3. The van der Waals surface area contributed by atoms with Crippen LogP contribution in [0.1, 0.15) is 19.5 Å². The van der Waals surface area contributed by atoms with Gasteiger partial charge in [-0.1, -0.05) is 19.0 Å². The third-order valence-corrected chi connectivity index (χ3v) is 1.56. The van der Waals surface area contributed by atoms with Gasteiger partial charge in [0, 0.05) is 0 Å². The predicted molar refractivity (Wildman–Crippen MR) is 54.9 cm³/mol. The number of ether oxygens (including phenoxy) is 1. The van der Waals surface area contributed by atoms with E-state index < -0.39 is 0 Å². The number of oxime groups is 1. The van der Waals surface area contributed by atoms with Crippen LogP contribution in [0.4, 0.5) is 0 Å². The van der Waals surface area contributed by atoms with E-state index in [1.807, 2.05) is 13.8 Å². The smallest absolute Gasteiger partial charge is 0.232 e. The average Bonchev–Trinajstić information content (AvgIpc) is 2.26. The quantitative estimate of drug-likeness (QED) is 0.328. The van der Waals surface area contributed by atoms with Crippen molar-refractivity contribution < 1.29 is 9.94 Å². The fraction of sp³-hybridized carbons (Fsp3) is 0.444. The van der Waals surface area contributed by atoms with Crippen molar-refractivity contribution in [2.75, 3.05) is 6.61 Å². The molecule has 82 valence electrons. The van der Waals surface area contributed by atoms with E-state index in [1.54, 1.807) is 0 Å². The van der Waals surface area contributed by atoms with Gasteiger partial charge in [-0.15, -0.1) is 0 Å². The molecule has 15 heavy (non-hydrogen) atoms. The van der Waals surface area contributed by atoms with E-state index in [0.717, 1.165) is 0 Å². The fourth-order valence-corrected chi connectivity index (χ4v) is 0.826. The van der Waals surface area contributed by atoms with Crippen LogP contribution < -0.4 is 10.5 Å². The molecular formula is C9H14N4O2. The summed E-state index contributed by atoms with van der Waals surface area (Å²) in [7, 11) is 0. The van der Waals surface area contributed by atoms with E-state index >= 15 is 0 Å². The Morgan fingerprint density at radius 2 is 2.27 bits per heavy atom. The zero-order valence-corrected chi connectivity index (χ0v) is 8.71. The van der Waals surface area contributed by atoms with Gasteiger partial charge in [-0.25, -0.2) is 9.97 Å². The molecule has 0 aliphatic heterocycles. The van der Waals surface area contributed by atoms with E-state index in [1.165, 1.54) is 12.4 Å². The lowest BCUT2D eigenvalue weighted by atomic mass is 10.2. The van der Waals surface area contributed by atoms with Crippen molar-refractivity contribution in [3.05, 3.63) is 18.1 Å². The van der Waals surface area contributed by atoms with Gasteiger partial charge in [0.05, 0.1) is 19.0 Å². The molecule has 0 aromatic carbocycles. The molecular weight excluding hydrogens is 196 g/mol. The summed E-state index contributed by atoms with van der Waals surface area (Å²) in [6.07, 6.45) is 2.83. The van der Waals surface area contributed by atoms with E-state index in [4.69, 9.17) is 15.7 Å². The van der Waals surface area contributed by atoms with Crippen LogP contribution in [-0.2, 0) is 0 Å². The van der Waals surface area contributed by atoms with Gasteiger partial charge in [0.2, 0.25) is 5.88 Å². The highest BCUT2D eigenvalue weighted by atomic mass is 16.5. The molecule has 0 saturated carbocycles. The molecule has 0 aliphatic carbocycles. The lowest BCUT2D eigenvalue weighted by Gasteiger charge is -2.07. The Labute approximate surface area is 87.8 Å². The molecule has 1 aromatic rings. The second kappa shape index (κ2) is 5.14. The van der Waals surface area contributed by atoms with Crippen molar-refractivity contribution in [1.82, 2.24) is 9.97 Å². The number of hydrogen-bond donors (Lipinski definition) is 2. The number of aromatic nitrogens is 2. The summed E-state index contributed by atoms with van der Waals surface area (Å²) in [6.45, 7) is 4.66. The van der Waals surface area contributed by atoms with Gasteiger partial charge in [0.25, 0.3) is 0 Å². The first-order chi connectivity index (χ1) is 7.13.